The molecule has 2 heterocycles. The number of carbonyl (C=O) groups excluding carboxylic acids is 1. The van der Waals surface area contributed by atoms with Gasteiger partial charge >= 0.3 is 0 Å². The Morgan fingerprint density at radius 2 is 1.76 bits per heavy atom. The van der Waals surface area contributed by atoms with Crippen molar-refractivity contribution in [2.75, 3.05) is 20.0 Å². The minimum atomic E-state index is -0.482. The molecular weight excluding hydrogens is 492 g/mol. The van der Waals surface area contributed by atoms with Crippen molar-refractivity contribution in [2.24, 2.45) is 10.2 Å². The van der Waals surface area contributed by atoms with Crippen LogP contribution in [0, 0.1) is 0 Å². The summed E-state index contributed by atoms with van der Waals surface area (Å²) in [5.41, 5.74) is 2.52. The predicted molar refractivity (Wildman–Crippen MR) is 140 cm³/mol. The van der Waals surface area contributed by atoms with Gasteiger partial charge in [-0.15, -0.1) is 20.4 Å². The molecule has 3 aromatic carbocycles. The van der Waals surface area contributed by atoms with Crippen LogP contribution in [0.4, 0.5) is 5.69 Å². The van der Waals surface area contributed by atoms with Crippen LogP contribution in [0.3, 0.4) is 0 Å². The van der Waals surface area contributed by atoms with Crippen LogP contribution >= 0.6 is 11.8 Å². The molecular formula is C26H22N6O4S. The van der Waals surface area contributed by atoms with Crippen LogP contribution in [0.5, 0.6) is 17.4 Å². The van der Waals surface area contributed by atoms with Gasteiger partial charge in [0.25, 0.3) is 5.91 Å². The zero-order valence-corrected chi connectivity index (χ0v) is 20.8. The SMILES string of the molecule is COc1ccc(-c2nnc(SCC(=O)N=Nc3c(O)[nH]c4ccccc34)n2-c2ccccc2)cc1OC. The van der Waals surface area contributed by atoms with Crippen molar-refractivity contribution >= 4 is 34.3 Å². The lowest BCUT2D eigenvalue weighted by molar-refractivity contribution is -0.115. The molecule has 0 radical (unpaired) electrons. The van der Waals surface area contributed by atoms with E-state index in [4.69, 9.17) is 9.47 Å². The Morgan fingerprint density at radius 1 is 1.00 bits per heavy atom. The fourth-order valence-corrected chi connectivity index (χ4v) is 4.54. The van der Waals surface area contributed by atoms with E-state index in [0.29, 0.717) is 33.4 Å². The largest absolute Gasteiger partial charge is 0.493 e. The zero-order valence-electron chi connectivity index (χ0n) is 20.0. The lowest BCUT2D eigenvalue weighted by Gasteiger charge is -2.12. The highest BCUT2D eigenvalue weighted by atomic mass is 32.2. The first-order valence-electron chi connectivity index (χ1n) is 11.2. The third-order valence-corrected chi connectivity index (χ3v) is 6.45. The van der Waals surface area contributed by atoms with Crippen LogP contribution in [0.25, 0.3) is 28.0 Å². The van der Waals surface area contributed by atoms with Gasteiger partial charge in [-0.05, 0) is 36.4 Å². The molecule has 0 aliphatic carbocycles. The summed E-state index contributed by atoms with van der Waals surface area (Å²) in [5, 5.41) is 27.8. The second-order valence-corrected chi connectivity index (χ2v) is 8.74. The third kappa shape index (κ3) is 4.89. The van der Waals surface area contributed by atoms with Gasteiger partial charge in [0.05, 0.1) is 25.5 Å². The molecule has 2 N–H and O–H groups in total. The van der Waals surface area contributed by atoms with E-state index in [9.17, 15) is 9.90 Å². The first-order chi connectivity index (χ1) is 18.1. The van der Waals surface area contributed by atoms with Gasteiger partial charge in [-0.3, -0.25) is 9.36 Å². The van der Waals surface area contributed by atoms with Gasteiger partial charge in [0.1, 0.15) is 0 Å². The Labute approximate surface area is 216 Å². The molecule has 0 atom stereocenters. The molecule has 0 fully saturated rings. The van der Waals surface area contributed by atoms with E-state index in [1.54, 1.807) is 32.4 Å². The summed E-state index contributed by atoms with van der Waals surface area (Å²) < 4.78 is 12.7. The number of benzene rings is 3. The average Bonchev–Trinajstić information content (AvgIpc) is 3.51. The number of nitrogens with zero attached hydrogens (tertiary/aromatic N) is 5. The molecule has 2 aromatic heterocycles. The van der Waals surface area contributed by atoms with Gasteiger partial charge in [0.2, 0.25) is 5.88 Å². The summed E-state index contributed by atoms with van der Waals surface area (Å²) in [6, 6.07) is 22.3. The van der Waals surface area contributed by atoms with Crippen molar-refractivity contribution in [3.05, 3.63) is 72.8 Å². The van der Waals surface area contributed by atoms with Crippen LogP contribution in [0.2, 0.25) is 0 Å². The highest BCUT2D eigenvalue weighted by molar-refractivity contribution is 7.99. The molecule has 37 heavy (non-hydrogen) atoms. The number of aromatic nitrogens is 4. The Hall–Kier alpha value is -4.64. The number of azo groups is 1. The summed E-state index contributed by atoms with van der Waals surface area (Å²) >= 11 is 1.19. The fourth-order valence-electron chi connectivity index (χ4n) is 3.81. The van der Waals surface area contributed by atoms with E-state index in [-0.39, 0.29) is 17.3 Å². The minimum absolute atomic E-state index is 0.0243. The zero-order chi connectivity index (χ0) is 25.8. The molecule has 5 rings (SSSR count). The number of rotatable bonds is 8. The summed E-state index contributed by atoms with van der Waals surface area (Å²) in [4.78, 5) is 15.4. The van der Waals surface area contributed by atoms with E-state index in [1.807, 2.05) is 59.2 Å². The van der Waals surface area contributed by atoms with E-state index in [1.165, 1.54) is 11.8 Å². The number of hydrogen-bond acceptors (Lipinski definition) is 8. The molecule has 5 aromatic rings. The maximum Gasteiger partial charge on any atom is 0.275 e. The fraction of sp³-hybridized carbons (Fsp3) is 0.115. The number of carbonyl (C=O) groups is 1. The van der Waals surface area contributed by atoms with Gasteiger partial charge in [0.15, 0.2) is 28.2 Å². The summed E-state index contributed by atoms with van der Waals surface area (Å²) in [5.74, 6) is 1.09. The molecule has 10 nitrogen and oxygen atoms in total. The van der Waals surface area contributed by atoms with Gasteiger partial charge in [-0.2, -0.15) is 0 Å². The molecule has 0 aliphatic rings. The molecule has 0 saturated carbocycles. The first kappa shape index (κ1) is 24.1. The summed E-state index contributed by atoms with van der Waals surface area (Å²) in [7, 11) is 3.15. The van der Waals surface area contributed by atoms with Crippen LogP contribution in [0.1, 0.15) is 0 Å². The van der Waals surface area contributed by atoms with Gasteiger partial charge in [-0.25, -0.2) is 0 Å². The highest BCUT2D eigenvalue weighted by Crippen LogP contribution is 2.36. The van der Waals surface area contributed by atoms with Crippen molar-refractivity contribution in [3.63, 3.8) is 0 Å². The standard InChI is InChI=1S/C26H22N6O4S/c1-35-20-13-12-16(14-21(20)36-2)24-30-31-26(32(24)17-8-4-3-5-9-17)37-15-22(33)28-29-23-18-10-6-7-11-19(18)27-25(23)34/h3-14,27,34H,15H2,1-2H3. The molecule has 0 unspecified atom stereocenters. The lowest BCUT2D eigenvalue weighted by Crippen LogP contribution is -2.02. The number of aromatic hydroxyl groups is 1. The maximum absolute atomic E-state index is 12.6. The van der Waals surface area contributed by atoms with E-state index in [0.717, 1.165) is 11.3 Å². The van der Waals surface area contributed by atoms with Gasteiger partial charge in [0, 0.05) is 16.6 Å². The van der Waals surface area contributed by atoms with E-state index in [2.05, 4.69) is 25.4 Å². The number of fused-ring (bicyclic) bond motifs is 1. The number of thioether (sulfide) groups is 1. The molecule has 0 aliphatic heterocycles. The van der Waals surface area contributed by atoms with Gasteiger partial charge in [-0.1, -0.05) is 48.2 Å². The Morgan fingerprint density at radius 3 is 2.54 bits per heavy atom. The molecule has 11 heteroatoms. The van der Waals surface area contributed by atoms with Crippen LogP contribution in [0.15, 0.2) is 88.2 Å². The Balaban J connectivity index is 1.41. The topological polar surface area (TPSA) is 127 Å². The van der Waals surface area contributed by atoms with Crippen LogP contribution in [-0.4, -0.2) is 50.7 Å². The number of amides is 1. The number of methoxy groups -OCH3 is 2. The molecule has 186 valence electrons. The number of hydrogen-bond donors (Lipinski definition) is 2. The summed E-state index contributed by atoms with van der Waals surface area (Å²) in [6.45, 7) is 0. The second kappa shape index (κ2) is 10.5. The second-order valence-electron chi connectivity index (χ2n) is 7.80. The normalized spacial score (nSPS) is 11.3. The Bertz CT molecular complexity index is 1600. The molecule has 0 saturated heterocycles. The molecule has 0 spiro atoms. The van der Waals surface area contributed by atoms with Crippen molar-refractivity contribution in [1.82, 2.24) is 19.7 Å². The first-order valence-corrected chi connectivity index (χ1v) is 12.2. The number of nitrogens with one attached hydrogen (secondary N) is 1. The number of ether oxygens (including phenoxy) is 2. The molecule has 0 bridgehead atoms. The monoisotopic (exact) mass is 514 g/mol. The third-order valence-electron chi connectivity index (χ3n) is 5.54. The average molecular weight is 515 g/mol. The highest BCUT2D eigenvalue weighted by Gasteiger charge is 2.19. The minimum Gasteiger partial charge on any atom is -0.493 e. The summed E-state index contributed by atoms with van der Waals surface area (Å²) in [6.07, 6.45) is 0. The predicted octanol–water partition coefficient (Wildman–Crippen LogP) is 5.54. The van der Waals surface area contributed by atoms with Crippen LogP contribution < -0.4 is 9.47 Å². The van der Waals surface area contributed by atoms with Crippen molar-refractivity contribution in [2.45, 2.75) is 5.16 Å². The molecule has 1 amide bonds. The Kier molecular flexibility index (Phi) is 6.86. The number of H-pyrrole nitrogens is 1. The van der Waals surface area contributed by atoms with Crippen molar-refractivity contribution < 1.29 is 19.4 Å². The van der Waals surface area contributed by atoms with Gasteiger partial charge < -0.3 is 19.6 Å². The van der Waals surface area contributed by atoms with E-state index >= 15 is 0 Å². The van der Waals surface area contributed by atoms with Crippen molar-refractivity contribution in [1.29, 1.82) is 0 Å². The van der Waals surface area contributed by atoms with Crippen molar-refractivity contribution in [3.8, 4) is 34.5 Å². The maximum atomic E-state index is 12.6. The lowest BCUT2D eigenvalue weighted by atomic mass is 10.2. The quantitative estimate of drug-likeness (QED) is 0.206. The smallest absolute Gasteiger partial charge is 0.275 e. The van der Waals surface area contributed by atoms with E-state index < -0.39 is 5.91 Å². The van der Waals surface area contributed by atoms with Crippen LogP contribution in [-0.2, 0) is 4.79 Å². The number of aromatic amines is 1. The number of para-hydroxylation sites is 2.